The Balaban J connectivity index is 1.74. The Bertz CT molecular complexity index is 416. The maximum atomic E-state index is 10.7. The van der Waals surface area contributed by atoms with Crippen LogP contribution in [0.3, 0.4) is 0 Å². The van der Waals surface area contributed by atoms with Gasteiger partial charge in [-0.15, -0.1) is 0 Å². The van der Waals surface area contributed by atoms with Crippen LogP contribution in [0, 0.1) is 5.92 Å². The quantitative estimate of drug-likeness (QED) is 0.760. The van der Waals surface area contributed by atoms with Crippen molar-refractivity contribution in [1.29, 1.82) is 0 Å². The highest BCUT2D eigenvalue weighted by Crippen LogP contribution is 2.23. The molecule has 1 aliphatic rings. The molecule has 19 heavy (non-hydrogen) atoms. The molecule has 4 heteroatoms. The van der Waals surface area contributed by atoms with Gasteiger partial charge in [-0.3, -0.25) is 0 Å². The van der Waals surface area contributed by atoms with E-state index in [1.54, 1.807) is 12.1 Å². The molecule has 1 aliphatic carbocycles. The first-order valence-electron chi connectivity index (χ1n) is 6.86. The molecular formula is C15H21NO3. The van der Waals surface area contributed by atoms with Crippen molar-refractivity contribution in [2.24, 2.45) is 5.92 Å². The lowest BCUT2D eigenvalue weighted by Crippen LogP contribution is -2.28. The summed E-state index contributed by atoms with van der Waals surface area (Å²) in [4.78, 5) is 10.7. The van der Waals surface area contributed by atoms with Gasteiger partial charge < -0.3 is 15.5 Å². The van der Waals surface area contributed by atoms with Crippen molar-refractivity contribution in [2.75, 3.05) is 6.54 Å². The highest BCUT2D eigenvalue weighted by molar-refractivity contribution is 5.87. The fourth-order valence-corrected chi connectivity index (χ4v) is 2.63. The molecule has 3 N–H and O–H groups in total. The number of rotatable bonds is 5. The van der Waals surface area contributed by atoms with Crippen LogP contribution in [0.2, 0.25) is 0 Å². The Kier molecular flexibility index (Phi) is 4.93. The first-order chi connectivity index (χ1) is 9.15. The predicted molar refractivity (Wildman–Crippen MR) is 73.1 cm³/mol. The van der Waals surface area contributed by atoms with Crippen LogP contribution in [0.1, 0.15) is 41.6 Å². The van der Waals surface area contributed by atoms with Crippen LogP contribution in [-0.4, -0.2) is 28.8 Å². The maximum Gasteiger partial charge on any atom is 0.335 e. The van der Waals surface area contributed by atoms with Gasteiger partial charge in [0.15, 0.2) is 0 Å². The molecule has 4 nitrogen and oxygen atoms in total. The Morgan fingerprint density at radius 1 is 1.26 bits per heavy atom. The summed E-state index contributed by atoms with van der Waals surface area (Å²) in [5, 5.41) is 21.8. The summed E-state index contributed by atoms with van der Waals surface area (Å²) in [5.41, 5.74) is 1.40. The van der Waals surface area contributed by atoms with Crippen LogP contribution >= 0.6 is 0 Å². The third-order valence-corrected chi connectivity index (χ3v) is 3.72. The number of aliphatic hydroxyl groups is 1. The zero-order valence-electron chi connectivity index (χ0n) is 11.0. The van der Waals surface area contributed by atoms with Crippen LogP contribution in [0.25, 0.3) is 0 Å². The fourth-order valence-electron chi connectivity index (χ4n) is 2.63. The first kappa shape index (κ1) is 14.0. The van der Waals surface area contributed by atoms with E-state index in [-0.39, 0.29) is 6.10 Å². The standard InChI is InChI=1S/C15H21NO3/c17-14-3-1-2-12(8-14)10-16-9-11-4-6-13(7-5-11)15(18)19/h4-7,12,14,16-17H,1-3,8-10H2,(H,18,19). The maximum absolute atomic E-state index is 10.7. The lowest BCUT2D eigenvalue weighted by molar-refractivity contribution is 0.0697. The molecule has 0 bridgehead atoms. The SMILES string of the molecule is O=C(O)c1ccc(CNCC2CCCC(O)C2)cc1. The van der Waals surface area contributed by atoms with Gasteiger partial charge in [0.25, 0.3) is 0 Å². The smallest absolute Gasteiger partial charge is 0.335 e. The summed E-state index contributed by atoms with van der Waals surface area (Å²) in [6.07, 6.45) is 4.00. The van der Waals surface area contributed by atoms with Crippen molar-refractivity contribution >= 4 is 5.97 Å². The topological polar surface area (TPSA) is 69.6 Å². The van der Waals surface area contributed by atoms with Gasteiger partial charge in [0.2, 0.25) is 0 Å². The molecule has 1 fully saturated rings. The van der Waals surface area contributed by atoms with Gasteiger partial charge in [-0.05, 0) is 49.4 Å². The molecule has 2 unspecified atom stereocenters. The second-order valence-electron chi connectivity index (χ2n) is 5.32. The summed E-state index contributed by atoms with van der Waals surface area (Å²) in [7, 11) is 0. The lowest BCUT2D eigenvalue weighted by Gasteiger charge is -2.26. The van der Waals surface area contributed by atoms with Gasteiger partial charge in [0.05, 0.1) is 11.7 Å². The Morgan fingerprint density at radius 3 is 2.63 bits per heavy atom. The van der Waals surface area contributed by atoms with Crippen molar-refractivity contribution < 1.29 is 15.0 Å². The number of aliphatic hydroxyl groups excluding tert-OH is 1. The van der Waals surface area contributed by atoms with Crippen LogP contribution in [0.15, 0.2) is 24.3 Å². The Hall–Kier alpha value is -1.39. The molecule has 104 valence electrons. The normalized spacial score (nSPS) is 23.2. The Morgan fingerprint density at radius 2 is 2.00 bits per heavy atom. The molecule has 0 radical (unpaired) electrons. The van der Waals surface area contributed by atoms with Gasteiger partial charge >= 0.3 is 5.97 Å². The largest absolute Gasteiger partial charge is 0.478 e. The number of benzene rings is 1. The van der Waals surface area contributed by atoms with Crippen LogP contribution < -0.4 is 5.32 Å². The van der Waals surface area contributed by atoms with E-state index in [1.165, 1.54) is 6.42 Å². The van der Waals surface area contributed by atoms with Crippen LogP contribution in [0.4, 0.5) is 0 Å². The highest BCUT2D eigenvalue weighted by atomic mass is 16.4. The number of aromatic carboxylic acids is 1. The minimum absolute atomic E-state index is 0.129. The van der Waals surface area contributed by atoms with E-state index >= 15 is 0 Å². The molecule has 0 heterocycles. The van der Waals surface area contributed by atoms with E-state index in [9.17, 15) is 9.90 Å². The molecular weight excluding hydrogens is 242 g/mol. The third kappa shape index (κ3) is 4.33. The second-order valence-corrected chi connectivity index (χ2v) is 5.32. The van der Waals surface area contributed by atoms with Crippen molar-refractivity contribution in [3.05, 3.63) is 35.4 Å². The molecule has 2 rings (SSSR count). The van der Waals surface area contributed by atoms with E-state index in [0.29, 0.717) is 11.5 Å². The first-order valence-corrected chi connectivity index (χ1v) is 6.86. The number of hydrogen-bond donors (Lipinski definition) is 3. The van der Waals surface area contributed by atoms with Gasteiger partial charge in [0, 0.05) is 6.54 Å². The van der Waals surface area contributed by atoms with Crippen molar-refractivity contribution in [3.8, 4) is 0 Å². The zero-order chi connectivity index (χ0) is 13.7. The van der Waals surface area contributed by atoms with Gasteiger partial charge in [0.1, 0.15) is 0 Å². The third-order valence-electron chi connectivity index (χ3n) is 3.72. The zero-order valence-corrected chi connectivity index (χ0v) is 11.0. The number of hydrogen-bond acceptors (Lipinski definition) is 3. The number of carboxylic acids is 1. The van der Waals surface area contributed by atoms with Crippen molar-refractivity contribution in [1.82, 2.24) is 5.32 Å². The summed E-state index contributed by atoms with van der Waals surface area (Å²) < 4.78 is 0. The van der Waals surface area contributed by atoms with Gasteiger partial charge in [-0.25, -0.2) is 4.79 Å². The molecule has 0 aromatic heterocycles. The molecule has 1 aromatic carbocycles. The van der Waals surface area contributed by atoms with Crippen LogP contribution in [0.5, 0.6) is 0 Å². The monoisotopic (exact) mass is 263 g/mol. The molecule has 1 aromatic rings. The number of carbonyl (C=O) groups is 1. The van der Waals surface area contributed by atoms with E-state index in [0.717, 1.165) is 37.9 Å². The average Bonchev–Trinajstić information content (AvgIpc) is 2.39. The lowest BCUT2D eigenvalue weighted by atomic mass is 9.87. The average molecular weight is 263 g/mol. The predicted octanol–water partition coefficient (Wildman–Crippen LogP) is 2.03. The fraction of sp³-hybridized carbons (Fsp3) is 0.533. The van der Waals surface area contributed by atoms with Gasteiger partial charge in [-0.2, -0.15) is 0 Å². The molecule has 2 atom stereocenters. The number of carboxylic acid groups (broad SMARTS) is 1. The minimum atomic E-state index is -0.893. The van der Waals surface area contributed by atoms with E-state index in [1.807, 2.05) is 12.1 Å². The molecule has 0 amide bonds. The minimum Gasteiger partial charge on any atom is -0.478 e. The van der Waals surface area contributed by atoms with E-state index < -0.39 is 5.97 Å². The molecule has 0 saturated heterocycles. The van der Waals surface area contributed by atoms with Crippen LogP contribution in [-0.2, 0) is 6.54 Å². The van der Waals surface area contributed by atoms with Crippen molar-refractivity contribution in [2.45, 2.75) is 38.3 Å². The molecule has 0 aliphatic heterocycles. The van der Waals surface area contributed by atoms with Crippen molar-refractivity contribution in [3.63, 3.8) is 0 Å². The van der Waals surface area contributed by atoms with E-state index in [2.05, 4.69) is 5.32 Å². The van der Waals surface area contributed by atoms with Gasteiger partial charge in [-0.1, -0.05) is 18.6 Å². The summed E-state index contributed by atoms with van der Waals surface area (Å²) in [5.74, 6) is -0.335. The molecule has 1 saturated carbocycles. The summed E-state index contributed by atoms with van der Waals surface area (Å²) in [6.45, 7) is 1.66. The summed E-state index contributed by atoms with van der Waals surface area (Å²) in [6, 6.07) is 6.94. The second kappa shape index (κ2) is 6.68. The Labute approximate surface area is 113 Å². The molecule has 0 spiro atoms. The summed E-state index contributed by atoms with van der Waals surface area (Å²) >= 11 is 0. The highest BCUT2D eigenvalue weighted by Gasteiger charge is 2.19. The number of nitrogens with one attached hydrogen (secondary N) is 1. The van der Waals surface area contributed by atoms with E-state index in [4.69, 9.17) is 5.11 Å².